The van der Waals surface area contributed by atoms with Crippen LogP contribution in [0.1, 0.15) is 16.8 Å². The van der Waals surface area contributed by atoms with E-state index < -0.39 is 10.0 Å². The van der Waals surface area contributed by atoms with Crippen molar-refractivity contribution in [3.05, 3.63) is 42.1 Å². The molecule has 1 aromatic carbocycles. The number of morpholine rings is 1. The monoisotopic (exact) mass is 488 g/mol. The molecule has 182 valence electrons. The SMILES string of the molecule is O=C(c1ccc(N2CCOCC2)nc1)N1CCN(S(=O)(=O)c2ccc3c(c2)OCCCO3)CC1. The van der Waals surface area contributed by atoms with E-state index >= 15 is 0 Å². The minimum absolute atomic E-state index is 0.145. The van der Waals surface area contributed by atoms with Crippen LogP contribution in [-0.4, -0.2) is 94.2 Å². The zero-order valence-corrected chi connectivity index (χ0v) is 19.7. The summed E-state index contributed by atoms with van der Waals surface area (Å²) in [6.45, 7) is 5.00. The molecule has 1 amide bonds. The number of aromatic nitrogens is 1. The van der Waals surface area contributed by atoms with Gasteiger partial charge in [0.15, 0.2) is 11.5 Å². The number of hydrogen-bond donors (Lipinski definition) is 0. The van der Waals surface area contributed by atoms with Gasteiger partial charge in [-0.1, -0.05) is 0 Å². The number of pyridine rings is 1. The molecular formula is C23H28N4O6S. The van der Waals surface area contributed by atoms with Gasteiger partial charge in [0.1, 0.15) is 5.82 Å². The summed E-state index contributed by atoms with van der Waals surface area (Å²) in [5, 5.41) is 0. The average Bonchev–Trinajstić information content (AvgIpc) is 3.14. The van der Waals surface area contributed by atoms with Crippen molar-refractivity contribution in [2.75, 3.05) is 70.6 Å². The van der Waals surface area contributed by atoms with Crippen LogP contribution >= 0.6 is 0 Å². The van der Waals surface area contributed by atoms with Gasteiger partial charge in [0, 0.05) is 58.0 Å². The fraction of sp³-hybridized carbons (Fsp3) is 0.478. The molecule has 2 aromatic rings. The van der Waals surface area contributed by atoms with Crippen LogP contribution in [0.3, 0.4) is 0 Å². The van der Waals surface area contributed by atoms with E-state index in [2.05, 4.69) is 9.88 Å². The minimum Gasteiger partial charge on any atom is -0.490 e. The van der Waals surface area contributed by atoms with Crippen molar-refractivity contribution in [1.82, 2.24) is 14.2 Å². The van der Waals surface area contributed by atoms with Crippen molar-refractivity contribution in [3.8, 4) is 11.5 Å². The molecule has 2 fully saturated rings. The maximum atomic E-state index is 13.2. The van der Waals surface area contributed by atoms with Crippen molar-refractivity contribution in [1.29, 1.82) is 0 Å². The van der Waals surface area contributed by atoms with Crippen molar-refractivity contribution in [3.63, 3.8) is 0 Å². The van der Waals surface area contributed by atoms with Gasteiger partial charge in [-0.25, -0.2) is 13.4 Å². The zero-order valence-electron chi connectivity index (χ0n) is 18.9. The lowest BCUT2D eigenvalue weighted by atomic mass is 10.2. The number of rotatable bonds is 4. The summed E-state index contributed by atoms with van der Waals surface area (Å²) in [4.78, 5) is 21.4. The molecule has 1 aromatic heterocycles. The van der Waals surface area contributed by atoms with Gasteiger partial charge in [0.25, 0.3) is 5.91 Å². The minimum atomic E-state index is -3.71. The smallest absolute Gasteiger partial charge is 0.255 e. The lowest BCUT2D eigenvalue weighted by Crippen LogP contribution is -2.50. The largest absolute Gasteiger partial charge is 0.490 e. The Kier molecular flexibility index (Phi) is 6.57. The Morgan fingerprint density at radius 3 is 2.29 bits per heavy atom. The molecular weight excluding hydrogens is 460 g/mol. The normalized spacial score (nSPS) is 19.5. The third kappa shape index (κ3) is 4.68. The van der Waals surface area contributed by atoms with E-state index in [1.165, 1.54) is 10.4 Å². The highest BCUT2D eigenvalue weighted by Gasteiger charge is 2.31. The van der Waals surface area contributed by atoms with Crippen LogP contribution in [0.25, 0.3) is 0 Å². The van der Waals surface area contributed by atoms with E-state index in [4.69, 9.17) is 14.2 Å². The second-order valence-corrected chi connectivity index (χ2v) is 10.3. The number of carbonyl (C=O) groups excluding carboxylic acids is 1. The molecule has 10 nitrogen and oxygen atoms in total. The van der Waals surface area contributed by atoms with Crippen LogP contribution in [0.4, 0.5) is 5.82 Å². The fourth-order valence-corrected chi connectivity index (χ4v) is 5.70. The number of ether oxygens (including phenoxy) is 3. The third-order valence-electron chi connectivity index (χ3n) is 6.21. The topological polar surface area (TPSA) is 102 Å². The van der Waals surface area contributed by atoms with E-state index in [0.717, 1.165) is 25.3 Å². The van der Waals surface area contributed by atoms with Crippen molar-refractivity contribution in [2.24, 2.45) is 0 Å². The van der Waals surface area contributed by atoms with Crippen molar-refractivity contribution < 1.29 is 27.4 Å². The Morgan fingerprint density at radius 2 is 1.59 bits per heavy atom. The van der Waals surface area contributed by atoms with Gasteiger partial charge in [-0.15, -0.1) is 0 Å². The van der Waals surface area contributed by atoms with Crippen LogP contribution in [-0.2, 0) is 14.8 Å². The summed E-state index contributed by atoms with van der Waals surface area (Å²) < 4.78 is 44.4. The first-order chi connectivity index (χ1) is 16.5. The first-order valence-electron chi connectivity index (χ1n) is 11.5. The number of hydrogen-bond acceptors (Lipinski definition) is 8. The van der Waals surface area contributed by atoms with Crippen molar-refractivity contribution in [2.45, 2.75) is 11.3 Å². The Balaban J connectivity index is 1.22. The number of amides is 1. The number of anilines is 1. The van der Waals surface area contributed by atoms with Gasteiger partial charge in [-0.05, 0) is 24.3 Å². The van der Waals surface area contributed by atoms with Crippen LogP contribution in [0, 0.1) is 0 Å². The molecule has 5 rings (SSSR count). The molecule has 4 heterocycles. The molecule has 3 aliphatic heterocycles. The number of piperazine rings is 1. The van der Waals surface area contributed by atoms with Gasteiger partial charge in [-0.2, -0.15) is 4.31 Å². The molecule has 0 N–H and O–H groups in total. The maximum Gasteiger partial charge on any atom is 0.255 e. The fourth-order valence-electron chi connectivity index (χ4n) is 4.26. The highest BCUT2D eigenvalue weighted by molar-refractivity contribution is 7.89. The second-order valence-electron chi connectivity index (χ2n) is 8.36. The van der Waals surface area contributed by atoms with Gasteiger partial charge < -0.3 is 24.0 Å². The van der Waals surface area contributed by atoms with Gasteiger partial charge in [0.05, 0.1) is 36.9 Å². The number of benzene rings is 1. The quantitative estimate of drug-likeness (QED) is 0.633. The molecule has 2 saturated heterocycles. The van der Waals surface area contributed by atoms with Crippen molar-refractivity contribution >= 4 is 21.7 Å². The number of fused-ring (bicyclic) bond motifs is 1. The van der Waals surface area contributed by atoms with Crippen LogP contribution < -0.4 is 14.4 Å². The third-order valence-corrected chi connectivity index (χ3v) is 8.11. The molecule has 0 spiro atoms. The number of sulfonamides is 1. The summed E-state index contributed by atoms with van der Waals surface area (Å²) >= 11 is 0. The molecule has 11 heteroatoms. The molecule has 0 radical (unpaired) electrons. The highest BCUT2D eigenvalue weighted by Crippen LogP contribution is 2.33. The molecule has 0 atom stereocenters. The van der Waals surface area contributed by atoms with Gasteiger partial charge in [-0.3, -0.25) is 4.79 Å². The predicted octanol–water partition coefficient (Wildman–Crippen LogP) is 1.23. The highest BCUT2D eigenvalue weighted by atomic mass is 32.2. The van der Waals surface area contributed by atoms with E-state index in [1.54, 1.807) is 29.3 Å². The van der Waals surface area contributed by atoms with Crippen LogP contribution in [0.2, 0.25) is 0 Å². The molecule has 0 saturated carbocycles. The summed E-state index contributed by atoms with van der Waals surface area (Å²) in [6.07, 6.45) is 2.34. The number of carbonyl (C=O) groups is 1. The first kappa shape index (κ1) is 22.9. The summed E-state index contributed by atoms with van der Waals surface area (Å²) in [5.41, 5.74) is 0.496. The lowest BCUT2D eigenvalue weighted by Gasteiger charge is -2.34. The van der Waals surface area contributed by atoms with E-state index in [9.17, 15) is 13.2 Å². The van der Waals surface area contributed by atoms with E-state index in [1.807, 2.05) is 6.07 Å². The Morgan fingerprint density at radius 1 is 0.853 bits per heavy atom. The molecule has 0 aliphatic carbocycles. The van der Waals surface area contributed by atoms with Crippen LogP contribution in [0.15, 0.2) is 41.4 Å². The second kappa shape index (κ2) is 9.77. The molecule has 3 aliphatic rings. The molecule has 0 unspecified atom stereocenters. The Labute approximate surface area is 199 Å². The van der Waals surface area contributed by atoms with E-state index in [-0.39, 0.29) is 23.9 Å². The Hall–Kier alpha value is -2.89. The maximum absolute atomic E-state index is 13.2. The summed E-state index contributed by atoms with van der Waals surface area (Å²) in [6, 6.07) is 8.34. The molecule has 0 bridgehead atoms. The lowest BCUT2D eigenvalue weighted by molar-refractivity contribution is 0.0697. The predicted molar refractivity (Wildman–Crippen MR) is 124 cm³/mol. The first-order valence-corrected chi connectivity index (χ1v) is 12.9. The number of nitrogens with zero attached hydrogens (tertiary/aromatic N) is 4. The molecule has 34 heavy (non-hydrogen) atoms. The van der Waals surface area contributed by atoms with E-state index in [0.29, 0.717) is 56.6 Å². The standard InChI is InChI=1S/C23H28N4O6S/c28-23(18-2-5-22(24-17-18)25-10-14-31-15-11-25)26-6-8-27(9-7-26)34(29,30)19-3-4-20-21(16-19)33-13-1-12-32-20/h2-5,16-17H,1,6-15H2. The zero-order chi connectivity index (χ0) is 23.5. The van der Waals surface area contributed by atoms with Gasteiger partial charge >= 0.3 is 0 Å². The average molecular weight is 489 g/mol. The van der Waals surface area contributed by atoms with Gasteiger partial charge in [0.2, 0.25) is 10.0 Å². The summed E-state index contributed by atoms with van der Waals surface area (Å²) in [5.74, 6) is 1.68. The Bertz CT molecular complexity index is 1130. The van der Waals surface area contributed by atoms with Crippen LogP contribution in [0.5, 0.6) is 11.5 Å². The summed E-state index contributed by atoms with van der Waals surface area (Å²) in [7, 11) is -3.71.